The molecule has 78 valence electrons. The fraction of sp³-hybridized carbons (Fsp3) is 1.00. The molecule has 1 rings (SSSR count). The lowest BCUT2D eigenvalue weighted by atomic mass is 9.90. The first kappa shape index (κ1) is 11.4. The van der Waals surface area contributed by atoms with Gasteiger partial charge < -0.3 is 5.32 Å². The summed E-state index contributed by atoms with van der Waals surface area (Å²) in [6, 6.07) is 0.760. The van der Waals surface area contributed by atoms with Crippen molar-refractivity contribution in [3.63, 3.8) is 0 Å². The van der Waals surface area contributed by atoms with Gasteiger partial charge in [0, 0.05) is 17.8 Å². The maximum absolute atomic E-state index is 3.70. The van der Waals surface area contributed by atoms with Crippen LogP contribution in [0.3, 0.4) is 0 Å². The van der Waals surface area contributed by atoms with E-state index in [9.17, 15) is 0 Å². The van der Waals surface area contributed by atoms with E-state index in [0.717, 1.165) is 11.3 Å². The number of hydrogen-bond acceptors (Lipinski definition) is 2. The van der Waals surface area contributed by atoms with Gasteiger partial charge in [-0.25, -0.2) is 0 Å². The van der Waals surface area contributed by atoms with Gasteiger partial charge in [-0.15, -0.1) is 0 Å². The highest BCUT2D eigenvalue weighted by atomic mass is 32.2. The molecule has 1 heterocycles. The van der Waals surface area contributed by atoms with Crippen molar-refractivity contribution in [2.24, 2.45) is 5.41 Å². The summed E-state index contributed by atoms with van der Waals surface area (Å²) in [6.07, 6.45) is 2.61. The first-order valence-electron chi connectivity index (χ1n) is 5.40. The van der Waals surface area contributed by atoms with E-state index in [1.165, 1.54) is 25.1 Å². The highest BCUT2D eigenvalue weighted by molar-refractivity contribution is 8.00. The lowest BCUT2D eigenvalue weighted by Gasteiger charge is -2.26. The lowest BCUT2D eigenvalue weighted by molar-refractivity contribution is 0.307. The molecule has 1 N–H and O–H groups in total. The first-order valence-corrected chi connectivity index (χ1v) is 6.45. The van der Waals surface area contributed by atoms with Gasteiger partial charge in [0.05, 0.1) is 0 Å². The molecule has 0 aliphatic carbocycles. The second-order valence-corrected chi connectivity index (χ2v) is 6.35. The van der Waals surface area contributed by atoms with Gasteiger partial charge in [0.15, 0.2) is 0 Å². The standard InChI is InChI=1S/C11H23NS/c1-5-11(3,4)8-12-10-6-7-13-9(10)2/h9-10,12H,5-8H2,1-4H3. The molecule has 0 aromatic heterocycles. The van der Waals surface area contributed by atoms with Gasteiger partial charge in [0.1, 0.15) is 0 Å². The van der Waals surface area contributed by atoms with Crippen LogP contribution in [0.1, 0.15) is 40.5 Å². The predicted molar refractivity (Wildman–Crippen MR) is 62.4 cm³/mol. The van der Waals surface area contributed by atoms with Crippen LogP contribution in [0.2, 0.25) is 0 Å². The summed E-state index contributed by atoms with van der Waals surface area (Å²) in [5.74, 6) is 1.34. The number of hydrogen-bond donors (Lipinski definition) is 1. The van der Waals surface area contributed by atoms with Gasteiger partial charge in [-0.3, -0.25) is 0 Å². The third kappa shape index (κ3) is 3.51. The van der Waals surface area contributed by atoms with Gasteiger partial charge in [-0.2, -0.15) is 11.8 Å². The van der Waals surface area contributed by atoms with Crippen molar-refractivity contribution in [2.45, 2.75) is 51.8 Å². The molecular formula is C11H23NS. The van der Waals surface area contributed by atoms with E-state index in [4.69, 9.17) is 0 Å². The largest absolute Gasteiger partial charge is 0.312 e. The Hall–Kier alpha value is 0.310. The van der Waals surface area contributed by atoms with Gasteiger partial charge in [-0.05, 0) is 24.0 Å². The Morgan fingerprint density at radius 3 is 2.62 bits per heavy atom. The summed E-state index contributed by atoms with van der Waals surface area (Å²) in [5.41, 5.74) is 0.465. The Morgan fingerprint density at radius 1 is 1.46 bits per heavy atom. The molecule has 1 saturated heterocycles. The van der Waals surface area contributed by atoms with Crippen LogP contribution in [0.5, 0.6) is 0 Å². The van der Waals surface area contributed by atoms with E-state index in [1.807, 2.05) is 0 Å². The highest BCUT2D eigenvalue weighted by Crippen LogP contribution is 2.27. The monoisotopic (exact) mass is 201 g/mol. The van der Waals surface area contributed by atoms with E-state index in [2.05, 4.69) is 44.8 Å². The molecular weight excluding hydrogens is 178 g/mol. The predicted octanol–water partition coefficient (Wildman–Crippen LogP) is 2.91. The smallest absolute Gasteiger partial charge is 0.0191 e. The summed E-state index contributed by atoms with van der Waals surface area (Å²) in [4.78, 5) is 0. The minimum atomic E-state index is 0.465. The van der Waals surface area contributed by atoms with Crippen LogP contribution in [0.15, 0.2) is 0 Å². The number of nitrogens with one attached hydrogen (secondary N) is 1. The average molecular weight is 201 g/mol. The van der Waals surface area contributed by atoms with Crippen LogP contribution < -0.4 is 5.32 Å². The summed E-state index contributed by atoms with van der Waals surface area (Å²) < 4.78 is 0. The van der Waals surface area contributed by atoms with Gasteiger partial charge in [0.25, 0.3) is 0 Å². The number of thioether (sulfide) groups is 1. The van der Waals surface area contributed by atoms with Gasteiger partial charge in [0.2, 0.25) is 0 Å². The van der Waals surface area contributed by atoms with Crippen LogP contribution in [0.25, 0.3) is 0 Å². The Labute approximate surface area is 87.1 Å². The SMILES string of the molecule is CCC(C)(C)CNC1CCSC1C. The molecule has 1 aliphatic rings. The minimum absolute atomic E-state index is 0.465. The molecule has 0 amide bonds. The molecule has 2 unspecified atom stereocenters. The Morgan fingerprint density at radius 2 is 2.15 bits per heavy atom. The zero-order valence-electron chi connectivity index (χ0n) is 9.39. The molecule has 2 atom stereocenters. The fourth-order valence-corrected chi connectivity index (χ4v) is 2.76. The van der Waals surface area contributed by atoms with E-state index >= 15 is 0 Å². The molecule has 0 bridgehead atoms. The zero-order valence-corrected chi connectivity index (χ0v) is 10.2. The Balaban J connectivity index is 2.25. The van der Waals surface area contributed by atoms with Crippen LogP contribution in [-0.2, 0) is 0 Å². The summed E-state index contributed by atoms with van der Waals surface area (Å²) >= 11 is 2.10. The van der Waals surface area contributed by atoms with Crippen molar-refractivity contribution in [3.8, 4) is 0 Å². The molecule has 1 nitrogen and oxygen atoms in total. The van der Waals surface area contributed by atoms with Crippen LogP contribution in [0.4, 0.5) is 0 Å². The van der Waals surface area contributed by atoms with Crippen molar-refractivity contribution >= 4 is 11.8 Å². The topological polar surface area (TPSA) is 12.0 Å². The molecule has 1 aliphatic heterocycles. The van der Waals surface area contributed by atoms with E-state index in [-0.39, 0.29) is 0 Å². The third-order valence-electron chi connectivity index (χ3n) is 3.18. The van der Waals surface area contributed by atoms with Crippen molar-refractivity contribution in [1.29, 1.82) is 0 Å². The molecule has 0 saturated carbocycles. The van der Waals surface area contributed by atoms with Crippen LogP contribution >= 0.6 is 11.8 Å². The van der Waals surface area contributed by atoms with Crippen molar-refractivity contribution < 1.29 is 0 Å². The average Bonchev–Trinajstić information content (AvgIpc) is 2.48. The quantitative estimate of drug-likeness (QED) is 0.750. The molecule has 0 aromatic rings. The fourth-order valence-electron chi connectivity index (χ4n) is 1.53. The van der Waals surface area contributed by atoms with Gasteiger partial charge >= 0.3 is 0 Å². The summed E-state index contributed by atoms with van der Waals surface area (Å²) in [5, 5.41) is 4.51. The van der Waals surface area contributed by atoms with E-state index in [1.54, 1.807) is 0 Å². The van der Waals surface area contributed by atoms with Gasteiger partial charge in [-0.1, -0.05) is 27.7 Å². The third-order valence-corrected chi connectivity index (χ3v) is 4.50. The van der Waals surface area contributed by atoms with Crippen molar-refractivity contribution in [3.05, 3.63) is 0 Å². The van der Waals surface area contributed by atoms with Crippen molar-refractivity contribution in [1.82, 2.24) is 5.32 Å². The van der Waals surface area contributed by atoms with Crippen LogP contribution in [-0.4, -0.2) is 23.6 Å². The summed E-state index contributed by atoms with van der Waals surface area (Å²) in [7, 11) is 0. The normalized spacial score (nSPS) is 29.5. The maximum atomic E-state index is 3.70. The molecule has 0 radical (unpaired) electrons. The molecule has 1 fully saturated rings. The molecule has 2 heteroatoms. The Kier molecular flexibility index (Phi) is 4.11. The molecule has 0 aromatic carbocycles. The Bertz CT molecular complexity index is 156. The minimum Gasteiger partial charge on any atom is -0.312 e. The lowest BCUT2D eigenvalue weighted by Crippen LogP contribution is -2.39. The second-order valence-electron chi connectivity index (χ2n) is 4.87. The maximum Gasteiger partial charge on any atom is 0.0191 e. The first-order chi connectivity index (χ1) is 6.05. The summed E-state index contributed by atoms with van der Waals surface area (Å²) in [6.45, 7) is 10.5. The van der Waals surface area contributed by atoms with Crippen molar-refractivity contribution in [2.75, 3.05) is 12.3 Å². The van der Waals surface area contributed by atoms with E-state index in [0.29, 0.717) is 5.41 Å². The molecule has 13 heavy (non-hydrogen) atoms. The highest BCUT2D eigenvalue weighted by Gasteiger charge is 2.25. The van der Waals surface area contributed by atoms with E-state index < -0.39 is 0 Å². The zero-order chi connectivity index (χ0) is 9.90. The molecule has 0 spiro atoms. The second kappa shape index (κ2) is 4.70. The number of rotatable bonds is 4. The van der Waals surface area contributed by atoms with Crippen LogP contribution in [0, 0.1) is 5.41 Å².